The summed E-state index contributed by atoms with van der Waals surface area (Å²) in [5, 5.41) is 1.12. The maximum atomic E-state index is 5.87. The molecule has 0 saturated carbocycles. The van der Waals surface area contributed by atoms with E-state index in [0.29, 0.717) is 0 Å². The molecular formula is C91H68IrN-. The molecule has 93 heavy (non-hydrogen) atoms. The van der Waals surface area contributed by atoms with E-state index in [-0.39, 0.29) is 25.5 Å². The Morgan fingerprint density at radius 3 is 1.22 bits per heavy atom. The summed E-state index contributed by atoms with van der Waals surface area (Å²) < 4.78 is 0. The van der Waals surface area contributed by atoms with Crippen LogP contribution in [0.15, 0.2) is 297 Å². The normalized spacial score (nSPS) is 13.2. The summed E-state index contributed by atoms with van der Waals surface area (Å²) in [5.41, 5.74) is 35.4. The Morgan fingerprint density at radius 1 is 0.312 bits per heavy atom. The van der Waals surface area contributed by atoms with Gasteiger partial charge in [0.1, 0.15) is 0 Å². The minimum Gasteiger partial charge on any atom is -0.296 e. The molecular weight excluding hydrogens is 1300 g/mol. The molecule has 0 atom stereocenters. The van der Waals surface area contributed by atoms with Gasteiger partial charge >= 0.3 is 0 Å². The molecule has 1 spiro atoms. The summed E-state index contributed by atoms with van der Waals surface area (Å²) in [4.78, 5) is 5.87. The average Bonchev–Trinajstić information content (AvgIpc) is 1.52. The van der Waals surface area contributed by atoms with Gasteiger partial charge in [-0.1, -0.05) is 264 Å². The molecule has 3 aliphatic carbocycles. The fourth-order valence-electron chi connectivity index (χ4n) is 15.9. The number of rotatable bonds is 13. The number of fused-ring (bicyclic) bond motifs is 14. The summed E-state index contributed by atoms with van der Waals surface area (Å²) in [5.74, 6) is 0. The molecule has 0 fully saturated rings. The second-order valence-electron chi connectivity index (χ2n) is 26.2. The zero-order chi connectivity index (χ0) is 61.5. The Balaban J connectivity index is 0.00000686. The molecule has 1 heterocycles. The number of nitrogens with zero attached hydrogens (tertiary/aromatic N) is 1. The van der Waals surface area contributed by atoms with Gasteiger partial charge in [0, 0.05) is 36.3 Å². The van der Waals surface area contributed by atoms with E-state index in [1.165, 1.54) is 143 Å². The Hall–Kier alpha value is -10.1. The second-order valence-corrected chi connectivity index (χ2v) is 26.2. The van der Waals surface area contributed by atoms with Crippen LogP contribution >= 0.6 is 0 Å². The predicted molar refractivity (Wildman–Crippen MR) is 386 cm³/mol. The number of aryl methyl sites for hydroxylation is 1. The van der Waals surface area contributed by atoms with Gasteiger partial charge in [-0.2, -0.15) is 0 Å². The van der Waals surface area contributed by atoms with E-state index in [2.05, 4.69) is 324 Å². The fraction of sp³-hybridized carbons (Fsp3) is 0.110. The van der Waals surface area contributed by atoms with E-state index in [0.717, 1.165) is 62.0 Å². The molecule has 1 radical (unpaired) electrons. The first-order chi connectivity index (χ1) is 45.3. The van der Waals surface area contributed by atoms with Crippen molar-refractivity contribution in [3.63, 3.8) is 0 Å². The molecule has 13 aromatic carbocycles. The van der Waals surface area contributed by atoms with E-state index < -0.39 is 5.41 Å². The van der Waals surface area contributed by atoms with Crippen molar-refractivity contribution in [3.8, 4) is 123 Å². The number of hydrogen-bond acceptors (Lipinski definition) is 1. The van der Waals surface area contributed by atoms with E-state index >= 15 is 0 Å². The van der Waals surface area contributed by atoms with Crippen molar-refractivity contribution < 1.29 is 20.1 Å². The third-order valence-electron chi connectivity index (χ3n) is 20.4. The van der Waals surface area contributed by atoms with Crippen LogP contribution in [0.25, 0.3) is 133 Å². The first-order valence-corrected chi connectivity index (χ1v) is 33.0. The number of aromatic nitrogens is 1. The Bertz CT molecular complexity index is 4910. The first kappa shape index (κ1) is 58.0. The standard InChI is InChI=1S/C91H68N.Ir/c1-4-5-6-11-26-59-41-43-85-78(45-59)79-55-64(42-44-86(79)91(85)83-39-24-21-35-74(83)75-36-22-25-40-84(75)91)88-57-77(81-56-80-76-37-20-23-38-82(76)90(2,3)87(80)58-89(81)92-88)73-53-71(69-48-65(60-27-12-7-13-28-60)46-66(49-69)61-29-14-8-15-30-61)52-72(54-73)70-50-67(62-31-16-9-17-32-62)47-68(51-70)63-33-18-10-19-34-63;/h7-10,12-25,27-41,43-58H,4-6,11,26H2,1-3H3;/q-1;. The zero-order valence-corrected chi connectivity index (χ0v) is 55.0. The summed E-state index contributed by atoms with van der Waals surface area (Å²) in [6, 6.07) is 116. The Labute approximate surface area is 560 Å². The van der Waals surface area contributed by atoms with Crippen LogP contribution < -0.4 is 0 Å². The molecule has 17 rings (SSSR count). The molecule has 0 saturated heterocycles. The molecule has 1 nitrogen and oxygen atoms in total. The maximum absolute atomic E-state index is 5.87. The summed E-state index contributed by atoms with van der Waals surface area (Å²) >= 11 is 0. The van der Waals surface area contributed by atoms with E-state index in [4.69, 9.17) is 4.98 Å². The number of unbranched alkanes of at least 4 members (excludes halogenated alkanes) is 3. The quantitative estimate of drug-likeness (QED) is 0.0828. The van der Waals surface area contributed by atoms with Crippen LogP contribution in [0, 0.1) is 6.07 Å². The van der Waals surface area contributed by atoms with Crippen molar-refractivity contribution >= 4 is 10.9 Å². The summed E-state index contributed by atoms with van der Waals surface area (Å²) in [6.07, 6.45) is 5.96. The molecule has 0 amide bonds. The first-order valence-electron chi connectivity index (χ1n) is 33.0. The number of pyridine rings is 1. The van der Waals surface area contributed by atoms with Crippen LogP contribution in [-0.4, -0.2) is 4.98 Å². The molecule has 0 aliphatic heterocycles. The van der Waals surface area contributed by atoms with Gasteiger partial charge in [0.2, 0.25) is 0 Å². The van der Waals surface area contributed by atoms with E-state index in [1.54, 1.807) is 0 Å². The Morgan fingerprint density at radius 2 is 0.720 bits per heavy atom. The topological polar surface area (TPSA) is 12.9 Å². The second kappa shape index (κ2) is 23.6. The predicted octanol–water partition coefficient (Wildman–Crippen LogP) is 24.1. The van der Waals surface area contributed by atoms with Gasteiger partial charge in [-0.3, -0.25) is 4.98 Å². The largest absolute Gasteiger partial charge is 0.296 e. The molecule has 14 aromatic rings. The minimum atomic E-state index is -0.482. The third-order valence-corrected chi connectivity index (χ3v) is 20.4. The Kier molecular flexibility index (Phi) is 14.7. The van der Waals surface area contributed by atoms with Crippen LogP contribution in [0.2, 0.25) is 0 Å². The summed E-state index contributed by atoms with van der Waals surface area (Å²) in [7, 11) is 0. The van der Waals surface area contributed by atoms with Crippen LogP contribution in [0.1, 0.15) is 85.4 Å². The zero-order valence-electron chi connectivity index (χ0n) is 52.6. The van der Waals surface area contributed by atoms with Crippen LogP contribution in [0.4, 0.5) is 0 Å². The molecule has 0 bridgehead atoms. The molecule has 0 N–H and O–H groups in total. The van der Waals surface area contributed by atoms with Crippen molar-refractivity contribution in [1.82, 2.24) is 4.98 Å². The van der Waals surface area contributed by atoms with Crippen molar-refractivity contribution in [1.29, 1.82) is 0 Å². The van der Waals surface area contributed by atoms with Crippen LogP contribution in [0.5, 0.6) is 0 Å². The number of hydrogen-bond donors (Lipinski definition) is 0. The molecule has 3 aliphatic rings. The van der Waals surface area contributed by atoms with Gasteiger partial charge in [-0.25, -0.2) is 0 Å². The fourth-order valence-corrected chi connectivity index (χ4v) is 15.9. The van der Waals surface area contributed by atoms with Crippen molar-refractivity contribution in [2.24, 2.45) is 0 Å². The average molecular weight is 1370 g/mol. The molecule has 0 unspecified atom stereocenters. The number of benzene rings is 13. The molecule has 2 heteroatoms. The monoisotopic (exact) mass is 1370 g/mol. The van der Waals surface area contributed by atoms with E-state index in [9.17, 15) is 0 Å². The minimum absolute atomic E-state index is 0. The molecule has 447 valence electrons. The van der Waals surface area contributed by atoms with Crippen molar-refractivity contribution in [2.45, 2.75) is 63.7 Å². The van der Waals surface area contributed by atoms with Gasteiger partial charge < -0.3 is 0 Å². The van der Waals surface area contributed by atoms with Crippen LogP contribution in [-0.2, 0) is 37.4 Å². The maximum Gasteiger partial charge on any atom is 0.0605 e. The smallest absolute Gasteiger partial charge is 0.0605 e. The summed E-state index contributed by atoms with van der Waals surface area (Å²) in [6.45, 7) is 7.06. The van der Waals surface area contributed by atoms with Gasteiger partial charge in [0.05, 0.1) is 5.52 Å². The molecule has 1 aromatic heterocycles. The SMILES string of the molecule is CCCCCCc1ccc2c(c1)-c1cc(-c3cc(-c4cc(-c5cc(-c6ccccc6)cc(-c6ccccc6)c5)cc(-c5cc(-c6ccccc6)cc(-c6ccccc6)c5)c4)c4cc5c(cc4n3)C(C)(C)c3ccccc3-5)[c-]cc1C21c2ccccc2-c2ccccc21.[Ir]. The van der Waals surface area contributed by atoms with Gasteiger partial charge in [0.15, 0.2) is 0 Å². The third kappa shape index (κ3) is 9.81. The van der Waals surface area contributed by atoms with Gasteiger partial charge in [0.25, 0.3) is 0 Å². The van der Waals surface area contributed by atoms with Gasteiger partial charge in [-0.05, 0) is 224 Å². The van der Waals surface area contributed by atoms with Crippen molar-refractivity contribution in [2.75, 3.05) is 0 Å². The van der Waals surface area contributed by atoms with Gasteiger partial charge in [-0.15, -0.1) is 29.3 Å². The van der Waals surface area contributed by atoms with Crippen LogP contribution in [0.3, 0.4) is 0 Å². The van der Waals surface area contributed by atoms with Crippen molar-refractivity contribution in [3.05, 3.63) is 342 Å². The van der Waals surface area contributed by atoms with E-state index in [1.807, 2.05) is 0 Å².